The zero-order valence-electron chi connectivity index (χ0n) is 10.1. The van der Waals surface area contributed by atoms with Crippen LogP contribution >= 0.6 is 11.8 Å². The minimum atomic E-state index is -0.904. The fourth-order valence-corrected chi connectivity index (χ4v) is 4.48. The molecule has 1 amide bonds. The van der Waals surface area contributed by atoms with Crippen LogP contribution in [0, 0.1) is 0 Å². The Morgan fingerprint density at radius 2 is 2.11 bits per heavy atom. The lowest BCUT2D eigenvalue weighted by Crippen LogP contribution is -2.42. The van der Waals surface area contributed by atoms with Crippen LogP contribution < -0.4 is 0 Å². The molecule has 1 saturated heterocycles. The van der Waals surface area contributed by atoms with Gasteiger partial charge in [0.15, 0.2) is 0 Å². The molecule has 1 aromatic carbocycles. The van der Waals surface area contributed by atoms with E-state index >= 15 is 0 Å². The van der Waals surface area contributed by atoms with Gasteiger partial charge in [0.25, 0.3) is 0 Å². The van der Waals surface area contributed by atoms with Crippen LogP contribution in [-0.4, -0.2) is 45.5 Å². The molecule has 5 nitrogen and oxygen atoms in total. The van der Waals surface area contributed by atoms with Gasteiger partial charge in [-0.3, -0.25) is 0 Å². The highest BCUT2D eigenvalue weighted by molar-refractivity contribution is 8.00. The second-order valence-electron chi connectivity index (χ2n) is 4.80. The third-order valence-electron chi connectivity index (χ3n) is 3.78. The molecule has 100 valence electrons. The summed E-state index contributed by atoms with van der Waals surface area (Å²) in [5.41, 5.74) is 1.26. The molecule has 2 aliphatic rings. The molecule has 0 aromatic heterocycles. The Bertz CT molecular complexity index is 560. The van der Waals surface area contributed by atoms with E-state index in [4.69, 9.17) is 5.11 Å². The molecule has 2 atom stereocenters. The van der Waals surface area contributed by atoms with Crippen molar-refractivity contribution in [1.29, 1.82) is 0 Å². The van der Waals surface area contributed by atoms with Gasteiger partial charge in [0.1, 0.15) is 0 Å². The van der Waals surface area contributed by atoms with Gasteiger partial charge in [-0.15, -0.1) is 11.8 Å². The first-order valence-electron chi connectivity index (χ1n) is 6.08. The van der Waals surface area contributed by atoms with Crippen LogP contribution in [0.2, 0.25) is 0 Å². The van der Waals surface area contributed by atoms with Gasteiger partial charge in [-0.05, 0) is 24.1 Å². The maximum absolute atomic E-state index is 11.3. The van der Waals surface area contributed by atoms with Gasteiger partial charge in [-0.1, -0.05) is 6.07 Å². The van der Waals surface area contributed by atoms with Crippen molar-refractivity contribution < 1.29 is 19.8 Å². The lowest BCUT2D eigenvalue weighted by atomic mass is 9.86. The molecule has 0 spiro atoms. The number of hydrogen-bond donors (Lipinski definition) is 2. The smallest absolute Gasteiger partial charge is 0.407 e. The Balaban J connectivity index is 1.94. The summed E-state index contributed by atoms with van der Waals surface area (Å²) in [6, 6.07) is 5.31. The standard InChI is InChI=1S/C13H13NO4S/c15-12(16)8-2-1-3-9-11(8)7-4-5-14(13(17)18)6-10(7)19-9/h1-3,7,10H,4-6H2,(H,15,16)(H,17,18). The Morgan fingerprint density at radius 1 is 1.32 bits per heavy atom. The molecule has 19 heavy (non-hydrogen) atoms. The van der Waals surface area contributed by atoms with Crippen molar-refractivity contribution in [2.24, 2.45) is 0 Å². The molecule has 0 aliphatic carbocycles. The van der Waals surface area contributed by atoms with Crippen LogP contribution in [0.4, 0.5) is 4.79 Å². The zero-order valence-corrected chi connectivity index (χ0v) is 10.9. The fourth-order valence-electron chi connectivity index (χ4n) is 2.92. The van der Waals surface area contributed by atoms with Crippen LogP contribution in [0.25, 0.3) is 0 Å². The van der Waals surface area contributed by atoms with E-state index < -0.39 is 12.1 Å². The van der Waals surface area contributed by atoms with E-state index in [2.05, 4.69) is 0 Å². The molecular formula is C13H13NO4S. The number of aromatic carboxylic acids is 1. The SMILES string of the molecule is O=C(O)c1cccc2c1C1CCN(C(=O)O)CC1S2. The van der Waals surface area contributed by atoms with Gasteiger partial charge in [0.2, 0.25) is 0 Å². The summed E-state index contributed by atoms with van der Waals surface area (Å²) in [6.07, 6.45) is -0.199. The van der Waals surface area contributed by atoms with Crippen molar-refractivity contribution in [2.45, 2.75) is 22.5 Å². The predicted molar refractivity (Wildman–Crippen MR) is 70.0 cm³/mol. The number of piperidine rings is 1. The summed E-state index contributed by atoms with van der Waals surface area (Å²) in [4.78, 5) is 24.7. The zero-order chi connectivity index (χ0) is 13.6. The Kier molecular flexibility index (Phi) is 2.89. The summed E-state index contributed by atoms with van der Waals surface area (Å²) in [5.74, 6) is -0.748. The minimum Gasteiger partial charge on any atom is -0.478 e. The van der Waals surface area contributed by atoms with Crippen molar-refractivity contribution in [3.05, 3.63) is 29.3 Å². The monoisotopic (exact) mass is 279 g/mol. The third-order valence-corrected chi connectivity index (χ3v) is 5.17. The summed E-state index contributed by atoms with van der Waals surface area (Å²) < 4.78 is 0. The molecule has 0 saturated carbocycles. The highest BCUT2D eigenvalue weighted by Gasteiger charge is 2.40. The Hall–Kier alpha value is -1.69. The first-order chi connectivity index (χ1) is 9.08. The van der Waals surface area contributed by atoms with Crippen LogP contribution in [0.15, 0.2) is 23.1 Å². The van der Waals surface area contributed by atoms with E-state index in [-0.39, 0.29) is 11.2 Å². The molecule has 1 fully saturated rings. The summed E-state index contributed by atoms with van der Waals surface area (Å²) in [6.45, 7) is 0.947. The van der Waals surface area contributed by atoms with Gasteiger partial charge in [-0.2, -0.15) is 0 Å². The molecule has 2 unspecified atom stereocenters. The number of nitrogens with zero attached hydrogens (tertiary/aromatic N) is 1. The van der Waals surface area contributed by atoms with Crippen molar-refractivity contribution in [1.82, 2.24) is 4.90 Å². The van der Waals surface area contributed by atoms with E-state index in [9.17, 15) is 14.7 Å². The van der Waals surface area contributed by atoms with Crippen LogP contribution in [0.1, 0.15) is 28.3 Å². The Morgan fingerprint density at radius 3 is 2.79 bits per heavy atom. The highest BCUT2D eigenvalue weighted by Crippen LogP contribution is 2.50. The maximum atomic E-state index is 11.3. The van der Waals surface area contributed by atoms with E-state index in [1.807, 2.05) is 6.07 Å². The first-order valence-corrected chi connectivity index (χ1v) is 6.96. The van der Waals surface area contributed by atoms with Gasteiger partial charge in [-0.25, -0.2) is 9.59 Å². The van der Waals surface area contributed by atoms with Crippen molar-refractivity contribution >= 4 is 23.8 Å². The number of fused-ring (bicyclic) bond motifs is 3. The average Bonchev–Trinajstić information content (AvgIpc) is 2.75. The number of thioether (sulfide) groups is 1. The van der Waals surface area contributed by atoms with Gasteiger partial charge < -0.3 is 15.1 Å². The number of hydrogen-bond acceptors (Lipinski definition) is 3. The highest BCUT2D eigenvalue weighted by atomic mass is 32.2. The van der Waals surface area contributed by atoms with Crippen LogP contribution in [-0.2, 0) is 0 Å². The normalized spacial score (nSPS) is 24.7. The third kappa shape index (κ3) is 1.96. The molecule has 1 aromatic rings. The topological polar surface area (TPSA) is 77.8 Å². The van der Waals surface area contributed by atoms with Crippen molar-refractivity contribution in [3.63, 3.8) is 0 Å². The minimum absolute atomic E-state index is 0.139. The van der Waals surface area contributed by atoms with Gasteiger partial charge >= 0.3 is 12.1 Å². The molecule has 2 N–H and O–H groups in total. The van der Waals surface area contributed by atoms with E-state index in [1.165, 1.54) is 4.90 Å². The lowest BCUT2D eigenvalue weighted by molar-refractivity contribution is 0.0693. The largest absolute Gasteiger partial charge is 0.478 e. The molecule has 0 bridgehead atoms. The number of benzene rings is 1. The predicted octanol–water partition coefficient (Wildman–Crippen LogP) is 2.33. The molecule has 2 aliphatic heterocycles. The molecule has 0 radical (unpaired) electrons. The molecule has 2 heterocycles. The van der Waals surface area contributed by atoms with E-state index in [0.717, 1.165) is 10.5 Å². The summed E-state index contributed by atoms with van der Waals surface area (Å²) in [7, 11) is 0. The van der Waals surface area contributed by atoms with E-state index in [1.54, 1.807) is 23.9 Å². The number of amides is 1. The van der Waals surface area contributed by atoms with Gasteiger partial charge in [0, 0.05) is 29.2 Å². The Labute approximate surface area is 114 Å². The van der Waals surface area contributed by atoms with Crippen molar-refractivity contribution in [3.8, 4) is 0 Å². The summed E-state index contributed by atoms with van der Waals surface area (Å²) >= 11 is 1.60. The number of carboxylic acids is 1. The lowest BCUT2D eigenvalue weighted by Gasteiger charge is -2.33. The average molecular weight is 279 g/mol. The van der Waals surface area contributed by atoms with Crippen LogP contribution in [0.5, 0.6) is 0 Å². The number of likely N-dealkylation sites (tertiary alicyclic amines) is 1. The quantitative estimate of drug-likeness (QED) is 0.825. The van der Waals surface area contributed by atoms with E-state index in [0.29, 0.717) is 25.1 Å². The fraction of sp³-hybridized carbons (Fsp3) is 0.385. The molecule has 6 heteroatoms. The number of carbonyl (C=O) groups is 2. The second kappa shape index (κ2) is 4.45. The molecule has 3 rings (SSSR count). The maximum Gasteiger partial charge on any atom is 0.407 e. The summed E-state index contributed by atoms with van der Waals surface area (Å²) in [5, 5.41) is 18.4. The van der Waals surface area contributed by atoms with Gasteiger partial charge in [0.05, 0.1) is 5.56 Å². The molecular weight excluding hydrogens is 266 g/mol. The second-order valence-corrected chi connectivity index (χ2v) is 6.08. The number of rotatable bonds is 1. The van der Waals surface area contributed by atoms with Crippen molar-refractivity contribution in [2.75, 3.05) is 13.1 Å². The first kappa shape index (κ1) is 12.3. The number of carboxylic acid groups (broad SMARTS) is 2. The van der Waals surface area contributed by atoms with Crippen LogP contribution in [0.3, 0.4) is 0 Å².